The zero-order valence-corrected chi connectivity index (χ0v) is 15.6. The molecule has 0 atom stereocenters. The Balaban J connectivity index is 1.86. The Bertz CT molecular complexity index is 713. The molecule has 0 bridgehead atoms. The largest absolute Gasteiger partial charge is 0.385 e. The summed E-state index contributed by atoms with van der Waals surface area (Å²) in [6.45, 7) is 3.30. The average Bonchev–Trinajstić information content (AvgIpc) is 3.26. The Hall–Kier alpha value is -1.38. The summed E-state index contributed by atoms with van der Waals surface area (Å²) in [6.07, 6.45) is 5.17. The topological polar surface area (TPSA) is 67.3 Å². The van der Waals surface area contributed by atoms with E-state index < -0.39 is 0 Å². The lowest BCUT2D eigenvalue weighted by atomic mass is 10.3. The molecule has 130 valence electrons. The summed E-state index contributed by atoms with van der Waals surface area (Å²) in [5.74, 6) is 0.920. The highest BCUT2D eigenvalue weighted by atomic mass is 32.2. The second kappa shape index (κ2) is 8.13. The van der Waals surface area contributed by atoms with Crippen LogP contribution in [-0.4, -0.2) is 55.5 Å². The second-order valence-electron chi connectivity index (χ2n) is 5.66. The molecule has 1 N–H and O–H groups in total. The van der Waals surface area contributed by atoms with E-state index in [0.717, 1.165) is 40.7 Å². The van der Waals surface area contributed by atoms with Crippen molar-refractivity contribution in [1.29, 1.82) is 0 Å². The molecule has 24 heavy (non-hydrogen) atoms. The molecule has 2 aromatic heterocycles. The zero-order valence-electron chi connectivity index (χ0n) is 14.0. The van der Waals surface area contributed by atoms with Crippen LogP contribution in [0.3, 0.4) is 0 Å². The molecule has 1 amide bonds. The van der Waals surface area contributed by atoms with Crippen molar-refractivity contribution in [2.24, 2.45) is 0 Å². The third-order valence-corrected chi connectivity index (χ3v) is 5.55. The monoisotopic (exact) mass is 366 g/mol. The van der Waals surface area contributed by atoms with Crippen molar-refractivity contribution in [3.63, 3.8) is 0 Å². The molecule has 0 saturated carbocycles. The van der Waals surface area contributed by atoms with Gasteiger partial charge in [0.25, 0.3) is 5.91 Å². The van der Waals surface area contributed by atoms with Crippen LogP contribution in [0.25, 0.3) is 10.2 Å². The lowest BCUT2D eigenvalue weighted by Gasteiger charge is -2.17. The quantitative estimate of drug-likeness (QED) is 0.462. The van der Waals surface area contributed by atoms with Gasteiger partial charge in [0.15, 0.2) is 5.16 Å². The summed E-state index contributed by atoms with van der Waals surface area (Å²) < 4.78 is 5.00. The normalized spacial score (nSPS) is 14.5. The van der Waals surface area contributed by atoms with Gasteiger partial charge in [-0.2, -0.15) is 0 Å². The maximum absolute atomic E-state index is 12.4. The van der Waals surface area contributed by atoms with Gasteiger partial charge in [0.1, 0.15) is 10.6 Å². The number of thiophene rings is 1. The molecule has 1 fully saturated rings. The van der Waals surface area contributed by atoms with Gasteiger partial charge in [-0.3, -0.25) is 4.79 Å². The first-order chi connectivity index (χ1) is 11.7. The smallest absolute Gasteiger partial charge is 0.261 e. The van der Waals surface area contributed by atoms with Gasteiger partial charge in [-0.1, -0.05) is 11.8 Å². The maximum atomic E-state index is 12.4. The fraction of sp³-hybridized carbons (Fsp3) is 0.562. The first-order valence-electron chi connectivity index (χ1n) is 8.10. The third kappa shape index (κ3) is 3.81. The summed E-state index contributed by atoms with van der Waals surface area (Å²) in [7, 11) is 1.66. The molecule has 0 unspecified atom stereocenters. The molecule has 0 aliphatic carbocycles. The molecule has 3 rings (SSSR count). The van der Waals surface area contributed by atoms with Crippen molar-refractivity contribution in [2.75, 3.05) is 44.5 Å². The fourth-order valence-electron chi connectivity index (χ4n) is 2.77. The second-order valence-corrected chi connectivity index (χ2v) is 7.46. The van der Waals surface area contributed by atoms with Gasteiger partial charge in [0, 0.05) is 33.4 Å². The van der Waals surface area contributed by atoms with E-state index in [1.165, 1.54) is 35.9 Å². The van der Waals surface area contributed by atoms with Crippen LogP contribution in [0.4, 0.5) is 5.82 Å². The number of thioether (sulfide) groups is 1. The van der Waals surface area contributed by atoms with Crippen LogP contribution in [0.5, 0.6) is 0 Å². The molecule has 3 heterocycles. The standard InChI is InChI=1S/C16H22N4O2S2/c1-22-9-5-6-17-14(21)12-10-11-13(20-7-3-4-8-20)18-16(23-2)19-15(11)24-12/h10H,3-9H2,1-2H3,(H,17,21). The Morgan fingerprint density at radius 1 is 1.42 bits per heavy atom. The summed E-state index contributed by atoms with van der Waals surface area (Å²) in [6, 6.07) is 1.93. The highest BCUT2D eigenvalue weighted by Gasteiger charge is 2.21. The molecule has 1 aliphatic rings. The summed E-state index contributed by atoms with van der Waals surface area (Å²) >= 11 is 2.97. The zero-order chi connectivity index (χ0) is 16.9. The SMILES string of the molecule is COCCCNC(=O)c1cc2c(N3CCCC3)nc(SC)nc2s1. The number of aromatic nitrogens is 2. The van der Waals surface area contributed by atoms with Crippen molar-refractivity contribution in [3.8, 4) is 0 Å². The van der Waals surface area contributed by atoms with Crippen molar-refractivity contribution >= 4 is 45.0 Å². The van der Waals surface area contributed by atoms with Crippen LogP contribution in [-0.2, 0) is 4.74 Å². The summed E-state index contributed by atoms with van der Waals surface area (Å²) in [4.78, 5) is 25.5. The van der Waals surface area contributed by atoms with E-state index in [2.05, 4.69) is 15.2 Å². The van der Waals surface area contributed by atoms with Gasteiger partial charge in [-0.15, -0.1) is 11.3 Å². The molecule has 0 radical (unpaired) electrons. The molecule has 0 aromatic carbocycles. The van der Waals surface area contributed by atoms with Crippen LogP contribution >= 0.6 is 23.1 Å². The number of hydrogen-bond acceptors (Lipinski definition) is 7. The van der Waals surface area contributed by atoms with Crippen LogP contribution < -0.4 is 10.2 Å². The lowest BCUT2D eigenvalue weighted by Crippen LogP contribution is -2.24. The maximum Gasteiger partial charge on any atom is 0.261 e. The highest BCUT2D eigenvalue weighted by molar-refractivity contribution is 7.98. The van der Waals surface area contributed by atoms with Gasteiger partial charge in [0.05, 0.1) is 10.3 Å². The van der Waals surface area contributed by atoms with E-state index in [0.29, 0.717) is 18.0 Å². The van der Waals surface area contributed by atoms with Gasteiger partial charge in [-0.25, -0.2) is 9.97 Å². The Labute approximate surface area is 150 Å². The Morgan fingerprint density at radius 3 is 2.92 bits per heavy atom. The van der Waals surface area contributed by atoms with Crippen molar-refractivity contribution in [2.45, 2.75) is 24.4 Å². The minimum absolute atomic E-state index is 0.0489. The molecule has 6 nitrogen and oxygen atoms in total. The van der Waals surface area contributed by atoms with E-state index >= 15 is 0 Å². The number of nitrogens with one attached hydrogen (secondary N) is 1. The van der Waals surface area contributed by atoms with Gasteiger partial charge in [0.2, 0.25) is 0 Å². The summed E-state index contributed by atoms with van der Waals surface area (Å²) in [5.41, 5.74) is 0. The van der Waals surface area contributed by atoms with Gasteiger partial charge >= 0.3 is 0 Å². The van der Waals surface area contributed by atoms with Crippen molar-refractivity contribution < 1.29 is 9.53 Å². The third-order valence-electron chi connectivity index (χ3n) is 3.97. The number of rotatable bonds is 7. The minimum Gasteiger partial charge on any atom is -0.385 e. The van der Waals surface area contributed by atoms with E-state index in [-0.39, 0.29) is 5.91 Å². The molecule has 0 spiro atoms. The van der Waals surface area contributed by atoms with E-state index in [1.807, 2.05) is 12.3 Å². The van der Waals surface area contributed by atoms with E-state index in [1.54, 1.807) is 7.11 Å². The van der Waals surface area contributed by atoms with E-state index in [4.69, 9.17) is 9.72 Å². The highest BCUT2D eigenvalue weighted by Crippen LogP contribution is 2.34. The van der Waals surface area contributed by atoms with Crippen LogP contribution in [0, 0.1) is 0 Å². The van der Waals surface area contributed by atoms with Gasteiger partial charge < -0.3 is 15.0 Å². The molecule has 2 aromatic rings. The molecular weight excluding hydrogens is 344 g/mol. The fourth-order valence-corrected chi connectivity index (χ4v) is 4.13. The number of nitrogens with zero attached hydrogens (tertiary/aromatic N) is 3. The van der Waals surface area contributed by atoms with Crippen LogP contribution in [0.2, 0.25) is 0 Å². The molecule has 8 heteroatoms. The first kappa shape index (κ1) is 17.4. The number of ether oxygens (including phenoxy) is 1. The minimum atomic E-state index is -0.0489. The molecule has 1 saturated heterocycles. The first-order valence-corrected chi connectivity index (χ1v) is 10.1. The Morgan fingerprint density at radius 2 is 2.21 bits per heavy atom. The van der Waals surface area contributed by atoms with Crippen LogP contribution in [0.15, 0.2) is 11.2 Å². The number of anilines is 1. The number of hydrogen-bond donors (Lipinski definition) is 1. The van der Waals surface area contributed by atoms with Gasteiger partial charge in [-0.05, 0) is 31.6 Å². The lowest BCUT2D eigenvalue weighted by molar-refractivity contribution is 0.0952. The number of methoxy groups -OCH3 is 1. The van der Waals surface area contributed by atoms with Crippen molar-refractivity contribution in [3.05, 3.63) is 10.9 Å². The van der Waals surface area contributed by atoms with Crippen molar-refractivity contribution in [1.82, 2.24) is 15.3 Å². The number of fused-ring (bicyclic) bond motifs is 1. The summed E-state index contributed by atoms with van der Waals surface area (Å²) in [5, 5.41) is 4.69. The van der Waals surface area contributed by atoms with Crippen LogP contribution in [0.1, 0.15) is 28.9 Å². The number of carbonyl (C=O) groups excluding carboxylic acids is 1. The average molecular weight is 367 g/mol. The Kier molecular flexibility index (Phi) is 5.91. The number of amides is 1. The molecule has 1 aliphatic heterocycles. The number of carbonyl (C=O) groups is 1. The predicted octanol–water partition coefficient (Wildman–Crippen LogP) is 2.78. The predicted molar refractivity (Wildman–Crippen MR) is 99.5 cm³/mol. The molecular formula is C16H22N4O2S2. The van der Waals surface area contributed by atoms with E-state index in [9.17, 15) is 4.79 Å².